The molecule has 17 heavy (non-hydrogen) atoms. The average molecular weight is 238 g/mol. The van der Waals surface area contributed by atoms with Crippen molar-refractivity contribution in [2.24, 2.45) is 11.5 Å². The molecule has 0 saturated heterocycles. The van der Waals surface area contributed by atoms with Crippen molar-refractivity contribution < 1.29 is 9.47 Å². The van der Waals surface area contributed by atoms with Gasteiger partial charge in [-0.05, 0) is 43.6 Å². The third-order valence-corrected chi connectivity index (χ3v) is 2.28. The lowest BCUT2D eigenvalue weighted by atomic mass is 10.2. The number of nitrogens with two attached hydrogens (primary N) is 2. The lowest BCUT2D eigenvalue weighted by Gasteiger charge is -2.08. The Morgan fingerprint density at radius 3 is 2.53 bits per heavy atom. The van der Waals surface area contributed by atoms with E-state index >= 15 is 0 Å². The molecule has 4 N–H and O–H groups in total. The first-order valence-electron chi connectivity index (χ1n) is 6.06. The molecule has 1 aromatic rings. The van der Waals surface area contributed by atoms with E-state index in [1.165, 1.54) is 0 Å². The highest BCUT2D eigenvalue weighted by atomic mass is 16.5. The average Bonchev–Trinajstić information content (AvgIpc) is 2.36. The van der Waals surface area contributed by atoms with E-state index in [-0.39, 0.29) is 0 Å². The number of rotatable bonds is 9. The maximum absolute atomic E-state index is 5.56. The summed E-state index contributed by atoms with van der Waals surface area (Å²) < 4.78 is 11.0. The molecule has 0 fully saturated rings. The molecule has 0 bridgehead atoms. The number of hydrogen-bond acceptors (Lipinski definition) is 4. The molecule has 96 valence electrons. The first-order valence-corrected chi connectivity index (χ1v) is 6.06. The van der Waals surface area contributed by atoms with Crippen LogP contribution >= 0.6 is 0 Å². The molecule has 0 aliphatic rings. The Labute approximate surface area is 103 Å². The summed E-state index contributed by atoms with van der Waals surface area (Å²) in [7, 11) is 0. The zero-order valence-corrected chi connectivity index (χ0v) is 10.2. The van der Waals surface area contributed by atoms with Crippen LogP contribution in [0.1, 0.15) is 18.4 Å². The Morgan fingerprint density at radius 2 is 1.76 bits per heavy atom. The highest BCUT2D eigenvalue weighted by molar-refractivity contribution is 5.28. The maximum Gasteiger partial charge on any atom is 0.119 e. The lowest BCUT2D eigenvalue weighted by Crippen LogP contribution is -2.06. The molecular formula is C13H22N2O2. The normalized spacial score (nSPS) is 10.5. The molecule has 4 heteroatoms. The minimum Gasteiger partial charge on any atom is -0.494 e. The lowest BCUT2D eigenvalue weighted by molar-refractivity contribution is 0.119. The molecule has 0 amide bonds. The summed E-state index contributed by atoms with van der Waals surface area (Å²) in [5.41, 5.74) is 11.9. The molecule has 0 radical (unpaired) electrons. The van der Waals surface area contributed by atoms with Crippen molar-refractivity contribution >= 4 is 0 Å². The van der Waals surface area contributed by atoms with Crippen LogP contribution in [-0.4, -0.2) is 26.3 Å². The van der Waals surface area contributed by atoms with E-state index in [1.54, 1.807) is 0 Å². The van der Waals surface area contributed by atoms with Gasteiger partial charge >= 0.3 is 0 Å². The maximum atomic E-state index is 5.56. The first kappa shape index (κ1) is 14.0. The van der Waals surface area contributed by atoms with E-state index in [0.29, 0.717) is 32.9 Å². The second kappa shape index (κ2) is 8.98. The number of benzene rings is 1. The fourth-order valence-electron chi connectivity index (χ4n) is 1.37. The molecular weight excluding hydrogens is 216 g/mol. The van der Waals surface area contributed by atoms with Gasteiger partial charge in [-0.25, -0.2) is 0 Å². The molecule has 0 unspecified atom stereocenters. The van der Waals surface area contributed by atoms with Crippen LogP contribution in [0.4, 0.5) is 0 Å². The smallest absolute Gasteiger partial charge is 0.119 e. The molecule has 0 aliphatic heterocycles. The van der Waals surface area contributed by atoms with Crippen LogP contribution in [0.5, 0.6) is 5.75 Å². The van der Waals surface area contributed by atoms with Crippen LogP contribution in [0.3, 0.4) is 0 Å². The minimum atomic E-state index is 0.605. The number of hydrogen-bond donors (Lipinski definition) is 2. The van der Waals surface area contributed by atoms with Gasteiger partial charge in [0, 0.05) is 6.61 Å². The molecule has 0 aromatic heterocycles. The van der Waals surface area contributed by atoms with Crippen molar-refractivity contribution in [1.29, 1.82) is 0 Å². The fraction of sp³-hybridized carbons (Fsp3) is 0.538. The summed E-state index contributed by atoms with van der Waals surface area (Å²) in [6.45, 7) is 3.29. The minimum absolute atomic E-state index is 0.605. The van der Waals surface area contributed by atoms with Gasteiger partial charge in [0.05, 0.1) is 13.2 Å². The molecule has 0 aliphatic carbocycles. The Morgan fingerprint density at radius 1 is 1.00 bits per heavy atom. The third kappa shape index (κ3) is 6.26. The van der Waals surface area contributed by atoms with Gasteiger partial charge in [0.25, 0.3) is 0 Å². The summed E-state index contributed by atoms with van der Waals surface area (Å²) in [5.74, 6) is 0.873. The summed E-state index contributed by atoms with van der Waals surface area (Å²) in [6, 6.07) is 7.94. The summed E-state index contributed by atoms with van der Waals surface area (Å²) >= 11 is 0. The van der Waals surface area contributed by atoms with Crippen LogP contribution in [0, 0.1) is 0 Å². The summed E-state index contributed by atoms with van der Waals surface area (Å²) in [4.78, 5) is 0. The molecule has 1 rings (SSSR count). The van der Waals surface area contributed by atoms with Gasteiger partial charge in [-0.15, -0.1) is 0 Å². The highest BCUT2D eigenvalue weighted by Crippen LogP contribution is 2.14. The standard InChI is InChI=1S/C13H22N2O2/c14-6-2-8-16-11-12-4-1-5-13(10-12)17-9-3-7-15/h1,4-5,10H,2-3,6-9,11,14-15H2. The van der Waals surface area contributed by atoms with E-state index in [9.17, 15) is 0 Å². The molecule has 0 atom stereocenters. The Hall–Kier alpha value is -1.10. The third-order valence-electron chi connectivity index (χ3n) is 2.28. The quantitative estimate of drug-likeness (QED) is 0.636. The zero-order chi connectivity index (χ0) is 12.3. The van der Waals surface area contributed by atoms with Crippen molar-refractivity contribution in [3.8, 4) is 5.75 Å². The van der Waals surface area contributed by atoms with Gasteiger partial charge in [0.1, 0.15) is 5.75 Å². The van der Waals surface area contributed by atoms with Crippen molar-refractivity contribution in [3.05, 3.63) is 29.8 Å². The van der Waals surface area contributed by atoms with Crippen LogP contribution in [0.25, 0.3) is 0 Å². The van der Waals surface area contributed by atoms with Crippen molar-refractivity contribution in [2.45, 2.75) is 19.4 Å². The SMILES string of the molecule is NCCCOCc1cccc(OCCCN)c1. The van der Waals surface area contributed by atoms with E-state index < -0.39 is 0 Å². The van der Waals surface area contributed by atoms with Crippen LogP contribution < -0.4 is 16.2 Å². The molecule has 0 heterocycles. The van der Waals surface area contributed by atoms with Gasteiger partial charge < -0.3 is 20.9 Å². The van der Waals surface area contributed by atoms with Crippen molar-refractivity contribution in [2.75, 3.05) is 26.3 Å². The van der Waals surface area contributed by atoms with E-state index in [0.717, 1.165) is 24.2 Å². The van der Waals surface area contributed by atoms with Gasteiger partial charge in [0.15, 0.2) is 0 Å². The summed E-state index contributed by atoms with van der Waals surface area (Å²) in [5, 5.41) is 0. The predicted molar refractivity (Wildman–Crippen MR) is 68.9 cm³/mol. The zero-order valence-electron chi connectivity index (χ0n) is 10.2. The van der Waals surface area contributed by atoms with Crippen molar-refractivity contribution in [3.63, 3.8) is 0 Å². The predicted octanol–water partition coefficient (Wildman–Crippen LogP) is 1.28. The van der Waals surface area contributed by atoms with Crippen LogP contribution in [0.15, 0.2) is 24.3 Å². The molecule has 1 aromatic carbocycles. The van der Waals surface area contributed by atoms with E-state index in [2.05, 4.69) is 0 Å². The molecule has 0 spiro atoms. The Bertz CT molecular complexity index is 305. The van der Waals surface area contributed by atoms with Crippen LogP contribution in [0.2, 0.25) is 0 Å². The summed E-state index contributed by atoms with van der Waals surface area (Å²) in [6.07, 6.45) is 1.77. The van der Waals surface area contributed by atoms with Crippen molar-refractivity contribution in [1.82, 2.24) is 0 Å². The topological polar surface area (TPSA) is 70.5 Å². The molecule has 0 saturated carbocycles. The largest absolute Gasteiger partial charge is 0.494 e. The second-order valence-electron chi connectivity index (χ2n) is 3.83. The first-order chi connectivity index (χ1) is 8.36. The van der Waals surface area contributed by atoms with Gasteiger partial charge in [-0.1, -0.05) is 12.1 Å². The van der Waals surface area contributed by atoms with E-state index in [4.69, 9.17) is 20.9 Å². The number of ether oxygens (including phenoxy) is 2. The second-order valence-corrected chi connectivity index (χ2v) is 3.83. The monoisotopic (exact) mass is 238 g/mol. The Balaban J connectivity index is 2.31. The fourth-order valence-corrected chi connectivity index (χ4v) is 1.37. The Kier molecular flexibility index (Phi) is 7.38. The van der Waals surface area contributed by atoms with Gasteiger partial charge in [-0.3, -0.25) is 0 Å². The highest BCUT2D eigenvalue weighted by Gasteiger charge is 1.97. The van der Waals surface area contributed by atoms with Crippen LogP contribution in [-0.2, 0) is 11.3 Å². The van der Waals surface area contributed by atoms with Gasteiger partial charge in [-0.2, -0.15) is 0 Å². The van der Waals surface area contributed by atoms with E-state index in [1.807, 2.05) is 24.3 Å². The van der Waals surface area contributed by atoms with Gasteiger partial charge in [0.2, 0.25) is 0 Å². The molecule has 4 nitrogen and oxygen atoms in total.